The van der Waals surface area contributed by atoms with E-state index in [-0.39, 0.29) is 11.5 Å². The number of rotatable bonds is 3. The zero-order valence-electron chi connectivity index (χ0n) is 14.4. The predicted octanol–water partition coefficient (Wildman–Crippen LogP) is 4.73. The average Bonchev–Trinajstić information content (AvgIpc) is 3.22. The van der Waals surface area contributed by atoms with Gasteiger partial charge in [0.25, 0.3) is 11.8 Å². The van der Waals surface area contributed by atoms with Crippen LogP contribution in [-0.4, -0.2) is 18.4 Å². The minimum absolute atomic E-state index is 0.00437. The van der Waals surface area contributed by atoms with Crippen molar-refractivity contribution < 1.29 is 14.0 Å². The van der Waals surface area contributed by atoms with Crippen LogP contribution in [0.3, 0.4) is 0 Å². The number of nitrogens with one attached hydrogen (secondary N) is 1. The van der Waals surface area contributed by atoms with Crippen LogP contribution in [0.1, 0.15) is 32.0 Å². The van der Waals surface area contributed by atoms with E-state index in [0.717, 1.165) is 24.1 Å². The number of halogens is 1. The lowest BCUT2D eigenvalue weighted by atomic mass is 10.0. The molecule has 1 aliphatic heterocycles. The summed E-state index contributed by atoms with van der Waals surface area (Å²) in [7, 11) is 0. The first-order valence-corrected chi connectivity index (χ1v) is 9.55. The zero-order chi connectivity index (χ0) is 18.8. The molecule has 0 radical (unpaired) electrons. The van der Waals surface area contributed by atoms with E-state index in [1.165, 1.54) is 23.5 Å². The maximum absolute atomic E-state index is 13.8. The molecule has 136 valence electrons. The molecule has 1 aromatic heterocycles. The first-order valence-electron chi connectivity index (χ1n) is 8.67. The third kappa shape index (κ3) is 3.48. The van der Waals surface area contributed by atoms with Gasteiger partial charge in [0.05, 0.1) is 10.4 Å². The number of fused-ring (bicyclic) bond motifs is 1. The minimum atomic E-state index is -0.555. The van der Waals surface area contributed by atoms with Crippen LogP contribution in [0, 0.1) is 5.82 Å². The van der Waals surface area contributed by atoms with Crippen molar-refractivity contribution in [2.24, 2.45) is 0 Å². The van der Waals surface area contributed by atoms with Crippen LogP contribution >= 0.6 is 11.3 Å². The first kappa shape index (κ1) is 17.4. The van der Waals surface area contributed by atoms with Crippen LogP contribution in [0.4, 0.5) is 15.8 Å². The fourth-order valence-corrected chi connectivity index (χ4v) is 3.93. The second kappa shape index (κ2) is 7.32. The highest BCUT2D eigenvalue weighted by atomic mass is 32.1. The Morgan fingerprint density at radius 3 is 2.70 bits per heavy atom. The number of amides is 2. The molecule has 0 saturated heterocycles. The predicted molar refractivity (Wildman–Crippen MR) is 105 cm³/mol. The topological polar surface area (TPSA) is 49.4 Å². The molecule has 0 aliphatic carbocycles. The lowest BCUT2D eigenvalue weighted by molar-refractivity contribution is 0.0986. The van der Waals surface area contributed by atoms with Crippen molar-refractivity contribution in [1.29, 1.82) is 0 Å². The molecule has 4 nitrogen and oxygen atoms in total. The van der Waals surface area contributed by atoms with Crippen LogP contribution in [0.5, 0.6) is 0 Å². The number of hydrogen-bond donors (Lipinski definition) is 1. The Balaban J connectivity index is 1.57. The van der Waals surface area contributed by atoms with Crippen molar-refractivity contribution in [2.45, 2.75) is 12.8 Å². The van der Waals surface area contributed by atoms with Crippen LogP contribution in [-0.2, 0) is 6.42 Å². The fourth-order valence-electron chi connectivity index (χ4n) is 3.26. The monoisotopic (exact) mass is 380 g/mol. The van der Waals surface area contributed by atoms with Gasteiger partial charge >= 0.3 is 0 Å². The first-order chi connectivity index (χ1) is 13.1. The Bertz CT molecular complexity index is 1000. The Morgan fingerprint density at radius 1 is 1.07 bits per heavy atom. The number of nitrogens with zero attached hydrogens (tertiary/aromatic N) is 1. The molecule has 1 N–H and O–H groups in total. The third-order valence-electron chi connectivity index (χ3n) is 4.55. The van der Waals surface area contributed by atoms with Gasteiger partial charge in [0.15, 0.2) is 0 Å². The molecular weight excluding hydrogens is 363 g/mol. The van der Waals surface area contributed by atoms with Gasteiger partial charge in [0, 0.05) is 17.9 Å². The fraction of sp³-hybridized carbons (Fsp3) is 0.143. The SMILES string of the molecule is O=C(Nc1ccc2c(c1)CCCN2C(=O)c1cccs1)c1ccccc1F. The van der Waals surface area contributed by atoms with Gasteiger partial charge in [0.1, 0.15) is 5.82 Å². The maximum atomic E-state index is 13.8. The van der Waals surface area contributed by atoms with Crippen molar-refractivity contribution in [3.05, 3.63) is 81.8 Å². The number of hydrogen-bond acceptors (Lipinski definition) is 3. The summed E-state index contributed by atoms with van der Waals surface area (Å²) in [5.74, 6) is -1.05. The molecule has 1 aliphatic rings. The normalized spacial score (nSPS) is 13.1. The van der Waals surface area contributed by atoms with E-state index >= 15 is 0 Å². The molecule has 27 heavy (non-hydrogen) atoms. The van der Waals surface area contributed by atoms with Crippen molar-refractivity contribution in [3.8, 4) is 0 Å². The van der Waals surface area contributed by atoms with E-state index in [2.05, 4.69) is 5.32 Å². The summed E-state index contributed by atoms with van der Waals surface area (Å²) in [6.07, 6.45) is 1.68. The summed E-state index contributed by atoms with van der Waals surface area (Å²) in [5.41, 5.74) is 2.46. The highest BCUT2D eigenvalue weighted by molar-refractivity contribution is 7.12. The summed E-state index contributed by atoms with van der Waals surface area (Å²) in [6, 6.07) is 15.0. The van der Waals surface area contributed by atoms with Gasteiger partial charge in [-0.2, -0.15) is 0 Å². The minimum Gasteiger partial charge on any atom is -0.322 e. The van der Waals surface area contributed by atoms with Crippen molar-refractivity contribution >= 4 is 34.5 Å². The third-order valence-corrected chi connectivity index (χ3v) is 5.41. The molecule has 2 heterocycles. The van der Waals surface area contributed by atoms with Crippen molar-refractivity contribution in [1.82, 2.24) is 0 Å². The molecular formula is C21H17FN2O2S. The van der Waals surface area contributed by atoms with Gasteiger partial charge in [-0.05, 0) is 60.2 Å². The van der Waals surface area contributed by atoms with E-state index in [0.29, 0.717) is 17.1 Å². The molecule has 0 fully saturated rings. The standard InChI is InChI=1S/C21H17FN2O2S/c22-17-7-2-1-6-16(17)20(25)23-15-9-10-18-14(13-15)5-3-11-24(18)21(26)19-8-4-12-27-19/h1-2,4,6-10,12-13H,3,5,11H2,(H,23,25). The average molecular weight is 380 g/mol. The van der Waals surface area contributed by atoms with Gasteiger partial charge in [-0.25, -0.2) is 4.39 Å². The van der Waals surface area contributed by atoms with Crippen LogP contribution < -0.4 is 10.2 Å². The Morgan fingerprint density at radius 2 is 1.93 bits per heavy atom. The quantitative estimate of drug-likeness (QED) is 0.714. The Kier molecular flexibility index (Phi) is 4.73. The summed E-state index contributed by atoms with van der Waals surface area (Å²) < 4.78 is 13.8. The highest BCUT2D eigenvalue weighted by Gasteiger charge is 2.24. The smallest absolute Gasteiger partial charge is 0.268 e. The molecule has 0 unspecified atom stereocenters. The lowest BCUT2D eigenvalue weighted by Crippen LogP contribution is -2.35. The number of anilines is 2. The summed E-state index contributed by atoms with van der Waals surface area (Å²) >= 11 is 1.43. The second-order valence-corrected chi connectivity index (χ2v) is 7.26. The highest BCUT2D eigenvalue weighted by Crippen LogP contribution is 2.31. The van der Waals surface area contributed by atoms with Crippen LogP contribution in [0.15, 0.2) is 60.0 Å². The van der Waals surface area contributed by atoms with Gasteiger partial charge < -0.3 is 10.2 Å². The molecule has 0 saturated carbocycles. The van der Waals surface area contributed by atoms with E-state index in [9.17, 15) is 14.0 Å². The molecule has 0 spiro atoms. The van der Waals surface area contributed by atoms with Gasteiger partial charge in [-0.3, -0.25) is 9.59 Å². The largest absolute Gasteiger partial charge is 0.322 e. The maximum Gasteiger partial charge on any atom is 0.268 e. The molecule has 4 rings (SSSR count). The van der Waals surface area contributed by atoms with Crippen molar-refractivity contribution in [2.75, 3.05) is 16.8 Å². The lowest BCUT2D eigenvalue weighted by Gasteiger charge is -2.29. The number of carbonyl (C=O) groups excluding carboxylic acids is 2. The molecule has 0 bridgehead atoms. The number of thiophene rings is 1. The molecule has 2 aromatic carbocycles. The number of aryl methyl sites for hydroxylation is 1. The second-order valence-electron chi connectivity index (χ2n) is 6.32. The molecule has 2 amide bonds. The van der Waals surface area contributed by atoms with Crippen LogP contribution in [0.25, 0.3) is 0 Å². The molecule has 3 aromatic rings. The van der Waals surface area contributed by atoms with Gasteiger partial charge in [-0.1, -0.05) is 18.2 Å². The Labute approximate surface area is 160 Å². The van der Waals surface area contributed by atoms with E-state index in [1.54, 1.807) is 23.1 Å². The number of benzene rings is 2. The Hall–Kier alpha value is -2.99. The van der Waals surface area contributed by atoms with Crippen molar-refractivity contribution in [3.63, 3.8) is 0 Å². The summed E-state index contributed by atoms with van der Waals surface area (Å²) in [4.78, 5) is 27.5. The van der Waals surface area contributed by atoms with Gasteiger partial charge in [-0.15, -0.1) is 11.3 Å². The van der Waals surface area contributed by atoms with Crippen LogP contribution in [0.2, 0.25) is 0 Å². The van der Waals surface area contributed by atoms with Gasteiger partial charge in [0.2, 0.25) is 0 Å². The van der Waals surface area contributed by atoms with E-state index < -0.39 is 11.7 Å². The van der Waals surface area contributed by atoms with E-state index in [1.807, 2.05) is 29.6 Å². The zero-order valence-corrected chi connectivity index (χ0v) is 15.3. The number of carbonyl (C=O) groups is 2. The summed E-state index contributed by atoms with van der Waals surface area (Å²) in [6.45, 7) is 0.671. The molecule has 0 atom stereocenters. The summed E-state index contributed by atoms with van der Waals surface area (Å²) in [5, 5.41) is 4.63. The van der Waals surface area contributed by atoms with E-state index in [4.69, 9.17) is 0 Å². The molecule has 6 heteroatoms.